The summed E-state index contributed by atoms with van der Waals surface area (Å²) in [6.07, 6.45) is 4.99. The van der Waals surface area contributed by atoms with Gasteiger partial charge in [0.25, 0.3) is 0 Å². The van der Waals surface area contributed by atoms with Crippen LogP contribution in [0.25, 0.3) is 0 Å². The van der Waals surface area contributed by atoms with Crippen molar-refractivity contribution in [1.82, 2.24) is 0 Å². The van der Waals surface area contributed by atoms with Gasteiger partial charge >= 0.3 is 0 Å². The molecule has 1 aliphatic rings. The van der Waals surface area contributed by atoms with Gasteiger partial charge in [-0.1, -0.05) is 48.8 Å². The van der Waals surface area contributed by atoms with E-state index < -0.39 is 46.0 Å². The molecule has 0 heterocycles. The number of Topliss-reactive ketones (excluding diaryl/α,β-unsaturated/α-hetero) is 4. The molecule has 166 valence electrons. The van der Waals surface area contributed by atoms with E-state index in [1.165, 1.54) is 0 Å². The van der Waals surface area contributed by atoms with E-state index in [9.17, 15) is 24.3 Å². The fourth-order valence-corrected chi connectivity index (χ4v) is 3.62. The van der Waals surface area contributed by atoms with Crippen LogP contribution in [0.15, 0.2) is 34.9 Å². The van der Waals surface area contributed by atoms with E-state index in [0.29, 0.717) is 0 Å². The third-order valence-corrected chi connectivity index (χ3v) is 5.59. The van der Waals surface area contributed by atoms with Crippen LogP contribution < -0.4 is 0 Å². The minimum Gasteiger partial charge on any atom is -0.374 e. The van der Waals surface area contributed by atoms with Crippen molar-refractivity contribution >= 4 is 23.1 Å². The minimum absolute atomic E-state index is 0.0447. The Balaban J connectivity index is 3.82. The van der Waals surface area contributed by atoms with Crippen LogP contribution in [-0.2, 0) is 19.2 Å². The van der Waals surface area contributed by atoms with E-state index in [1.54, 1.807) is 45.9 Å². The summed E-state index contributed by atoms with van der Waals surface area (Å²) in [4.78, 5) is 53.4. The molecule has 0 unspecified atom stereocenters. The molecule has 0 saturated heterocycles. The smallest absolute Gasteiger partial charge is 0.190 e. The Morgan fingerprint density at radius 2 is 1.23 bits per heavy atom. The maximum absolute atomic E-state index is 13.7. The summed E-state index contributed by atoms with van der Waals surface area (Å²) >= 11 is 0. The number of carbonyl (C=O) groups is 4. The first kappa shape index (κ1) is 25.9. The lowest BCUT2D eigenvalue weighted by Crippen LogP contribution is -2.67. The molecule has 1 fully saturated rings. The standard InChI is InChI=1S/C25H36O5/c1-15(2)9-12-24(13-10-16(3)4)21(27)19(20(26)18(7)8)22(28)25(30,23(24)29)14-11-17(5)6/h9-11,18-19,30H,12-14H2,1-8H3/t19-,25+/m1/s1. The van der Waals surface area contributed by atoms with Crippen molar-refractivity contribution in [2.75, 3.05) is 0 Å². The van der Waals surface area contributed by atoms with Gasteiger partial charge in [-0.2, -0.15) is 0 Å². The molecule has 0 aromatic rings. The predicted octanol–water partition coefficient (Wildman–Crippen LogP) is 4.34. The molecule has 1 rings (SSSR count). The van der Waals surface area contributed by atoms with Crippen LogP contribution in [0.4, 0.5) is 0 Å². The van der Waals surface area contributed by atoms with Crippen molar-refractivity contribution < 1.29 is 24.3 Å². The Morgan fingerprint density at radius 3 is 1.60 bits per heavy atom. The van der Waals surface area contributed by atoms with Crippen LogP contribution in [0.5, 0.6) is 0 Å². The highest BCUT2D eigenvalue weighted by Gasteiger charge is 2.65. The molecule has 0 aromatic carbocycles. The van der Waals surface area contributed by atoms with Crippen LogP contribution >= 0.6 is 0 Å². The van der Waals surface area contributed by atoms with Gasteiger partial charge < -0.3 is 5.11 Å². The average molecular weight is 417 g/mol. The largest absolute Gasteiger partial charge is 0.374 e. The molecule has 0 spiro atoms. The molecule has 5 heteroatoms. The second-order valence-corrected chi connectivity index (χ2v) is 9.45. The third-order valence-electron chi connectivity index (χ3n) is 5.59. The Hall–Kier alpha value is -2.14. The molecule has 0 radical (unpaired) electrons. The zero-order valence-electron chi connectivity index (χ0n) is 19.6. The van der Waals surface area contributed by atoms with E-state index >= 15 is 0 Å². The van der Waals surface area contributed by atoms with Gasteiger partial charge in [-0.15, -0.1) is 0 Å². The van der Waals surface area contributed by atoms with E-state index in [-0.39, 0.29) is 19.3 Å². The highest BCUT2D eigenvalue weighted by Crippen LogP contribution is 2.45. The highest BCUT2D eigenvalue weighted by molar-refractivity contribution is 6.37. The second-order valence-electron chi connectivity index (χ2n) is 9.45. The maximum atomic E-state index is 13.7. The van der Waals surface area contributed by atoms with Gasteiger partial charge in [-0.05, 0) is 54.4 Å². The number of carbonyl (C=O) groups excluding carboxylic acids is 4. The molecule has 0 aliphatic heterocycles. The number of allylic oxidation sites excluding steroid dienone is 5. The quantitative estimate of drug-likeness (QED) is 0.470. The summed E-state index contributed by atoms with van der Waals surface area (Å²) in [5.74, 6) is -5.23. The molecule has 1 saturated carbocycles. The van der Waals surface area contributed by atoms with Crippen LogP contribution in [0.3, 0.4) is 0 Å². The maximum Gasteiger partial charge on any atom is 0.190 e. The molecule has 0 bridgehead atoms. The van der Waals surface area contributed by atoms with Gasteiger partial charge in [-0.25, -0.2) is 0 Å². The van der Waals surface area contributed by atoms with E-state index in [4.69, 9.17) is 0 Å². The van der Waals surface area contributed by atoms with Gasteiger partial charge in [0, 0.05) is 12.3 Å². The lowest BCUT2D eigenvalue weighted by atomic mass is 9.56. The monoisotopic (exact) mass is 416 g/mol. The summed E-state index contributed by atoms with van der Waals surface area (Å²) in [7, 11) is 0. The van der Waals surface area contributed by atoms with E-state index in [1.807, 2.05) is 27.7 Å². The van der Waals surface area contributed by atoms with Crippen LogP contribution in [0, 0.1) is 17.3 Å². The molecule has 1 aliphatic carbocycles. The topological polar surface area (TPSA) is 88.5 Å². The van der Waals surface area contributed by atoms with Crippen LogP contribution in [0.1, 0.15) is 74.7 Å². The van der Waals surface area contributed by atoms with Crippen LogP contribution in [-0.4, -0.2) is 33.8 Å². The minimum atomic E-state index is -2.40. The average Bonchev–Trinajstić information content (AvgIpc) is 2.64. The zero-order chi connectivity index (χ0) is 23.4. The summed E-state index contributed by atoms with van der Waals surface area (Å²) < 4.78 is 0. The Labute approximate surface area is 180 Å². The second kappa shape index (κ2) is 9.78. The molecule has 0 aromatic heterocycles. The highest BCUT2D eigenvalue weighted by atomic mass is 16.3. The van der Waals surface area contributed by atoms with Crippen molar-refractivity contribution in [1.29, 1.82) is 0 Å². The molecular formula is C25H36O5. The molecular weight excluding hydrogens is 380 g/mol. The SMILES string of the molecule is CC(C)=CCC1(CC=C(C)C)C(=O)[C@@H](C(=O)C(C)C)C(=O)[C@@](O)(CC=C(C)C)C1=O. The molecule has 30 heavy (non-hydrogen) atoms. The van der Waals surface area contributed by atoms with Gasteiger partial charge in [-0.3, -0.25) is 19.2 Å². The summed E-state index contributed by atoms with van der Waals surface area (Å²) in [5, 5.41) is 11.4. The number of hydrogen-bond donors (Lipinski definition) is 1. The van der Waals surface area contributed by atoms with Crippen molar-refractivity contribution in [2.24, 2.45) is 17.3 Å². The molecule has 1 N–H and O–H groups in total. The summed E-state index contributed by atoms with van der Waals surface area (Å²) in [5.41, 5.74) is -1.41. The Kier molecular flexibility index (Phi) is 8.44. The number of hydrogen-bond acceptors (Lipinski definition) is 5. The first-order valence-corrected chi connectivity index (χ1v) is 10.5. The van der Waals surface area contributed by atoms with Gasteiger partial charge in [0.2, 0.25) is 0 Å². The van der Waals surface area contributed by atoms with Crippen molar-refractivity contribution in [3.8, 4) is 0 Å². The van der Waals surface area contributed by atoms with Crippen molar-refractivity contribution in [3.05, 3.63) is 34.9 Å². The molecule has 0 amide bonds. The number of aliphatic hydroxyl groups is 1. The van der Waals surface area contributed by atoms with Crippen LogP contribution in [0.2, 0.25) is 0 Å². The fourth-order valence-electron chi connectivity index (χ4n) is 3.62. The zero-order valence-corrected chi connectivity index (χ0v) is 19.6. The normalized spacial score (nSPS) is 23.3. The lowest BCUT2D eigenvalue weighted by molar-refractivity contribution is -0.173. The number of rotatable bonds is 8. The van der Waals surface area contributed by atoms with E-state index in [2.05, 4.69) is 0 Å². The molecule has 2 atom stereocenters. The lowest BCUT2D eigenvalue weighted by Gasteiger charge is -2.44. The fraction of sp³-hybridized carbons (Fsp3) is 0.600. The third kappa shape index (κ3) is 5.12. The van der Waals surface area contributed by atoms with Crippen molar-refractivity contribution in [2.45, 2.75) is 80.3 Å². The van der Waals surface area contributed by atoms with E-state index in [0.717, 1.165) is 16.7 Å². The predicted molar refractivity (Wildman–Crippen MR) is 118 cm³/mol. The first-order chi connectivity index (χ1) is 13.7. The Bertz CT molecular complexity index is 792. The summed E-state index contributed by atoms with van der Waals surface area (Å²) in [6, 6.07) is 0. The van der Waals surface area contributed by atoms with Gasteiger partial charge in [0.1, 0.15) is 5.92 Å². The Morgan fingerprint density at radius 1 is 0.833 bits per heavy atom. The number of ketones is 4. The van der Waals surface area contributed by atoms with Gasteiger partial charge in [0.05, 0.1) is 5.41 Å². The molecule has 5 nitrogen and oxygen atoms in total. The summed E-state index contributed by atoms with van der Waals surface area (Å²) in [6.45, 7) is 14.2. The van der Waals surface area contributed by atoms with Gasteiger partial charge in [0.15, 0.2) is 28.7 Å². The first-order valence-electron chi connectivity index (χ1n) is 10.5. The van der Waals surface area contributed by atoms with Crippen molar-refractivity contribution in [3.63, 3.8) is 0 Å².